The van der Waals surface area contributed by atoms with E-state index in [2.05, 4.69) is 17.6 Å². The molecule has 0 aromatic heterocycles. The van der Waals surface area contributed by atoms with Gasteiger partial charge in [0.1, 0.15) is 0 Å². The van der Waals surface area contributed by atoms with Crippen LogP contribution in [0.25, 0.3) is 0 Å². The molecule has 0 saturated heterocycles. The van der Waals surface area contributed by atoms with Crippen molar-refractivity contribution in [2.45, 2.75) is 58.0 Å². The molecule has 2 amide bonds. The minimum absolute atomic E-state index is 0.0627. The van der Waals surface area contributed by atoms with Gasteiger partial charge in [-0.3, -0.25) is 0 Å². The Morgan fingerprint density at radius 1 is 1.44 bits per heavy atom. The first-order chi connectivity index (χ1) is 7.43. The summed E-state index contributed by atoms with van der Waals surface area (Å²) in [5.74, 6) is 0.561. The summed E-state index contributed by atoms with van der Waals surface area (Å²) in [5, 5.41) is 5.89. The van der Waals surface area contributed by atoms with Crippen LogP contribution in [0.15, 0.2) is 0 Å². The number of rotatable bonds is 4. The lowest BCUT2D eigenvalue weighted by atomic mass is 10.0. The molecule has 4 nitrogen and oxygen atoms in total. The summed E-state index contributed by atoms with van der Waals surface area (Å²) in [7, 11) is 0. The van der Waals surface area contributed by atoms with Crippen LogP contribution in [0.1, 0.15) is 46.5 Å². The predicted octanol–water partition coefficient (Wildman–Crippen LogP) is 1.60. The van der Waals surface area contributed by atoms with Gasteiger partial charge >= 0.3 is 6.03 Å². The maximum atomic E-state index is 11.6. The van der Waals surface area contributed by atoms with Crippen molar-refractivity contribution < 1.29 is 4.79 Å². The molecule has 1 rings (SSSR count). The summed E-state index contributed by atoms with van der Waals surface area (Å²) in [6.07, 6.45) is 4.19. The molecule has 1 aliphatic carbocycles. The van der Waals surface area contributed by atoms with E-state index in [1.54, 1.807) is 0 Å². The van der Waals surface area contributed by atoms with Crippen molar-refractivity contribution in [1.29, 1.82) is 0 Å². The highest BCUT2D eigenvalue weighted by atomic mass is 16.2. The van der Waals surface area contributed by atoms with Crippen LogP contribution in [0.3, 0.4) is 0 Å². The molecule has 1 fully saturated rings. The minimum Gasteiger partial charge on any atom is -0.338 e. The van der Waals surface area contributed by atoms with Crippen molar-refractivity contribution in [3.05, 3.63) is 0 Å². The summed E-state index contributed by atoms with van der Waals surface area (Å²) < 4.78 is 0. The first kappa shape index (κ1) is 13.3. The molecule has 1 saturated carbocycles. The lowest BCUT2D eigenvalue weighted by Gasteiger charge is -2.25. The van der Waals surface area contributed by atoms with Gasteiger partial charge in [0, 0.05) is 18.1 Å². The minimum atomic E-state index is -0.129. The number of urea groups is 1. The van der Waals surface area contributed by atoms with E-state index < -0.39 is 0 Å². The smallest absolute Gasteiger partial charge is 0.315 e. The van der Waals surface area contributed by atoms with Crippen LogP contribution in [0.5, 0.6) is 0 Å². The number of hydrogen-bond donors (Lipinski definition) is 3. The average molecular weight is 227 g/mol. The van der Waals surface area contributed by atoms with E-state index in [0.29, 0.717) is 12.0 Å². The van der Waals surface area contributed by atoms with Gasteiger partial charge in [0.05, 0.1) is 0 Å². The third-order valence-electron chi connectivity index (χ3n) is 3.47. The molecule has 0 aromatic rings. The van der Waals surface area contributed by atoms with E-state index in [0.717, 1.165) is 32.2 Å². The van der Waals surface area contributed by atoms with E-state index in [1.807, 2.05) is 13.8 Å². The first-order valence-corrected chi connectivity index (χ1v) is 6.24. The second-order valence-corrected chi connectivity index (χ2v) is 5.51. The Kier molecular flexibility index (Phi) is 4.59. The predicted molar refractivity (Wildman–Crippen MR) is 66.2 cm³/mol. The molecule has 0 radical (unpaired) electrons. The third kappa shape index (κ3) is 4.39. The van der Waals surface area contributed by atoms with Crippen LogP contribution in [-0.2, 0) is 0 Å². The fourth-order valence-electron chi connectivity index (χ4n) is 1.98. The van der Waals surface area contributed by atoms with E-state index in [-0.39, 0.29) is 11.6 Å². The number of nitrogens with two attached hydrogens (primary N) is 1. The molecule has 0 aromatic carbocycles. The summed E-state index contributed by atoms with van der Waals surface area (Å²) in [6.45, 7) is 6.87. The number of carbonyl (C=O) groups is 1. The Labute approximate surface area is 98.3 Å². The lowest BCUT2D eigenvalue weighted by molar-refractivity contribution is 0.227. The number of carbonyl (C=O) groups excluding carboxylic acids is 1. The maximum Gasteiger partial charge on any atom is 0.315 e. The molecule has 94 valence electrons. The Balaban J connectivity index is 2.20. The Bertz CT molecular complexity index is 240. The van der Waals surface area contributed by atoms with Crippen LogP contribution in [0.2, 0.25) is 0 Å². The maximum absolute atomic E-state index is 11.6. The second kappa shape index (κ2) is 5.53. The van der Waals surface area contributed by atoms with Gasteiger partial charge < -0.3 is 16.4 Å². The fourth-order valence-corrected chi connectivity index (χ4v) is 1.98. The molecule has 0 bridgehead atoms. The van der Waals surface area contributed by atoms with Crippen LogP contribution >= 0.6 is 0 Å². The van der Waals surface area contributed by atoms with E-state index in [9.17, 15) is 4.79 Å². The van der Waals surface area contributed by atoms with Crippen LogP contribution in [0.4, 0.5) is 4.79 Å². The van der Waals surface area contributed by atoms with Crippen molar-refractivity contribution in [3.63, 3.8) is 0 Å². The lowest BCUT2D eigenvalue weighted by Crippen LogP contribution is -2.48. The molecule has 1 aliphatic rings. The highest BCUT2D eigenvalue weighted by Crippen LogP contribution is 2.23. The highest BCUT2D eigenvalue weighted by Gasteiger charge is 2.23. The van der Waals surface area contributed by atoms with Gasteiger partial charge in [-0.05, 0) is 45.4 Å². The average Bonchev–Trinajstić information content (AvgIpc) is 2.61. The Hall–Kier alpha value is -0.770. The van der Waals surface area contributed by atoms with Crippen molar-refractivity contribution in [2.24, 2.45) is 11.7 Å². The zero-order valence-electron chi connectivity index (χ0n) is 10.7. The molecule has 0 heterocycles. The molecule has 4 N–H and O–H groups in total. The highest BCUT2D eigenvalue weighted by molar-refractivity contribution is 5.74. The van der Waals surface area contributed by atoms with Gasteiger partial charge in [0.25, 0.3) is 0 Å². The molecule has 2 unspecified atom stereocenters. The topological polar surface area (TPSA) is 67.2 Å². The number of nitrogens with one attached hydrogen (secondary N) is 2. The van der Waals surface area contributed by atoms with E-state index >= 15 is 0 Å². The van der Waals surface area contributed by atoms with Gasteiger partial charge in [-0.15, -0.1) is 0 Å². The van der Waals surface area contributed by atoms with Crippen LogP contribution in [-0.4, -0.2) is 24.2 Å². The molecule has 2 atom stereocenters. The summed E-state index contributed by atoms with van der Waals surface area (Å²) >= 11 is 0. The SMILES string of the molecule is CCC(C)(C)NC(=O)NCC1CCC(N)C1. The monoisotopic (exact) mass is 227 g/mol. The molecule has 4 heteroatoms. The van der Waals surface area contributed by atoms with Crippen LogP contribution < -0.4 is 16.4 Å². The van der Waals surface area contributed by atoms with Crippen molar-refractivity contribution >= 4 is 6.03 Å². The van der Waals surface area contributed by atoms with Crippen LogP contribution in [0, 0.1) is 5.92 Å². The molecular formula is C12H25N3O. The largest absolute Gasteiger partial charge is 0.338 e. The summed E-state index contributed by atoms with van der Waals surface area (Å²) in [5.41, 5.74) is 5.70. The zero-order chi connectivity index (χ0) is 12.2. The van der Waals surface area contributed by atoms with Crippen molar-refractivity contribution in [3.8, 4) is 0 Å². The third-order valence-corrected chi connectivity index (χ3v) is 3.47. The number of hydrogen-bond acceptors (Lipinski definition) is 2. The molecular weight excluding hydrogens is 202 g/mol. The van der Waals surface area contributed by atoms with Gasteiger partial charge in [0.15, 0.2) is 0 Å². The molecule has 0 aliphatic heterocycles. The Morgan fingerprint density at radius 3 is 2.62 bits per heavy atom. The van der Waals surface area contributed by atoms with Crippen molar-refractivity contribution in [1.82, 2.24) is 10.6 Å². The number of amides is 2. The second-order valence-electron chi connectivity index (χ2n) is 5.51. The molecule has 0 spiro atoms. The summed E-state index contributed by atoms with van der Waals surface area (Å²) in [6, 6.07) is 0.272. The van der Waals surface area contributed by atoms with Gasteiger partial charge in [-0.25, -0.2) is 4.79 Å². The van der Waals surface area contributed by atoms with Gasteiger partial charge in [0.2, 0.25) is 0 Å². The fraction of sp³-hybridized carbons (Fsp3) is 0.917. The standard InChI is InChI=1S/C12H25N3O/c1-4-12(2,3)15-11(16)14-8-9-5-6-10(13)7-9/h9-10H,4-8,13H2,1-3H3,(H2,14,15,16). The van der Waals surface area contributed by atoms with E-state index in [4.69, 9.17) is 5.73 Å². The summed E-state index contributed by atoms with van der Waals surface area (Å²) in [4.78, 5) is 11.6. The van der Waals surface area contributed by atoms with Gasteiger partial charge in [-0.2, -0.15) is 0 Å². The van der Waals surface area contributed by atoms with Gasteiger partial charge in [-0.1, -0.05) is 6.92 Å². The zero-order valence-corrected chi connectivity index (χ0v) is 10.7. The van der Waals surface area contributed by atoms with E-state index in [1.165, 1.54) is 0 Å². The molecule has 16 heavy (non-hydrogen) atoms. The quantitative estimate of drug-likeness (QED) is 0.683. The Morgan fingerprint density at radius 2 is 2.12 bits per heavy atom. The van der Waals surface area contributed by atoms with Crippen molar-refractivity contribution in [2.75, 3.05) is 6.54 Å². The first-order valence-electron chi connectivity index (χ1n) is 6.24. The normalized spacial score (nSPS) is 25.5.